The van der Waals surface area contributed by atoms with Crippen LogP contribution in [-0.2, 0) is 58.9 Å². The number of hydrogen-bond acceptors (Lipinski definition) is 19. The van der Waals surface area contributed by atoms with Crippen LogP contribution in [0.5, 0.6) is 23.0 Å². The Morgan fingerprint density at radius 3 is 0.968 bits per heavy atom. The highest BCUT2D eigenvalue weighted by atomic mass is 79.9. The summed E-state index contributed by atoms with van der Waals surface area (Å²) in [6, 6.07) is 38.2. The molecule has 5 aromatic rings. The second-order valence-electron chi connectivity index (χ2n) is 22.8. The highest BCUT2D eigenvalue weighted by molar-refractivity contribution is 9.10. The Labute approximate surface area is 589 Å². The molecule has 0 unspecified atom stereocenters. The van der Waals surface area contributed by atoms with Crippen LogP contribution in [0.3, 0.4) is 0 Å². The largest absolute Gasteiger partial charge is 0.491 e. The molecule has 1 aliphatic carbocycles. The van der Waals surface area contributed by atoms with Gasteiger partial charge in [0.15, 0.2) is 23.1 Å². The first-order valence-corrected chi connectivity index (χ1v) is 34.0. The zero-order valence-electron chi connectivity index (χ0n) is 55.9. The molecule has 23 heteroatoms. The zero-order valence-corrected chi connectivity index (χ0v) is 61.5. The quantitative estimate of drug-likeness (QED) is 0.0118. The third-order valence-corrected chi connectivity index (χ3v) is 15.3. The predicted octanol–water partition coefficient (Wildman–Crippen LogP) is 14.4. The van der Waals surface area contributed by atoms with E-state index in [-0.39, 0.29) is 60.9 Å². The van der Waals surface area contributed by atoms with Crippen LogP contribution in [0.25, 0.3) is 0 Å². The van der Waals surface area contributed by atoms with E-state index in [0.717, 1.165) is 37.0 Å². The van der Waals surface area contributed by atoms with Crippen LogP contribution >= 0.6 is 59.4 Å². The Morgan fingerprint density at radius 2 is 0.663 bits per heavy atom. The molecule has 0 N–H and O–H groups in total. The lowest BCUT2D eigenvalue weighted by molar-refractivity contribution is -0.143. The van der Waals surface area contributed by atoms with Gasteiger partial charge in [0.25, 0.3) is 0 Å². The first-order valence-electron chi connectivity index (χ1n) is 31.3. The van der Waals surface area contributed by atoms with Gasteiger partial charge in [0.05, 0.1) is 79.0 Å². The number of alkyl halides is 4. The van der Waals surface area contributed by atoms with Gasteiger partial charge >= 0.3 is 17.9 Å². The fourth-order valence-electron chi connectivity index (χ4n) is 8.33. The van der Waals surface area contributed by atoms with Crippen LogP contribution in [0.4, 0.5) is 0 Å². The van der Waals surface area contributed by atoms with E-state index in [9.17, 15) is 33.6 Å². The van der Waals surface area contributed by atoms with Crippen LogP contribution in [0, 0.1) is 0 Å². The standard InChI is InChI=1S/C21H25BrO4.C19H25BrO5.C16H21BrO5.C16H21ClO5/c1-21(2,22)20(23)18-8-10-19(11-9-18)26-15-14-24-12-13-25-16-17-6-4-3-5-7-17;1-15(21)24-13-11-23-12-14-25-17-7-5-16(6-8-17)18(22)19(20)9-3-2-4-10-19;2*1-12(18)21-10-8-20-9-11-22-14-6-4-13(5-7-14)15(19)16(2,3)17/h3-11H,12-16H2,1-2H3;5-8H,2-4,9-14H2,1H3;2*4-7H,8-11H2,1-3H3. The lowest BCUT2D eigenvalue weighted by atomic mass is 9.83. The molecule has 19 nitrogen and oxygen atoms in total. The fourth-order valence-corrected chi connectivity index (χ4v) is 9.69. The third-order valence-electron chi connectivity index (χ3n) is 13.2. The molecular weight excluding hydrogens is 1440 g/mol. The minimum Gasteiger partial charge on any atom is -0.491 e. The van der Waals surface area contributed by atoms with E-state index in [1.165, 1.54) is 27.2 Å². The molecule has 0 amide bonds. The van der Waals surface area contributed by atoms with Gasteiger partial charge in [0, 0.05) is 43.0 Å². The zero-order chi connectivity index (χ0) is 70.1. The average Bonchev–Trinajstić information content (AvgIpc) is 0.854. The number of ketones is 4. The summed E-state index contributed by atoms with van der Waals surface area (Å²) in [6.45, 7) is 21.4. The number of rotatable bonds is 38. The normalized spacial score (nSPS) is 12.5. The van der Waals surface area contributed by atoms with Crippen molar-refractivity contribution in [1.82, 2.24) is 0 Å². The molecule has 0 saturated heterocycles. The highest BCUT2D eigenvalue weighted by Gasteiger charge is 2.37. The minimum absolute atomic E-state index is 0.0212. The first kappa shape index (κ1) is 83.1. The molecule has 0 radical (unpaired) electrons. The summed E-state index contributed by atoms with van der Waals surface area (Å²) in [5.41, 5.74) is 3.70. The molecule has 1 aliphatic rings. The van der Waals surface area contributed by atoms with Crippen LogP contribution in [0.15, 0.2) is 127 Å². The number of carbonyl (C=O) groups excluding carboxylic acids is 7. The maximum absolute atomic E-state index is 12.7. The van der Waals surface area contributed by atoms with E-state index in [4.69, 9.17) is 68.4 Å². The number of benzene rings is 5. The van der Waals surface area contributed by atoms with Crippen molar-refractivity contribution in [2.45, 2.75) is 119 Å². The van der Waals surface area contributed by atoms with Crippen molar-refractivity contribution in [2.75, 3.05) is 106 Å². The van der Waals surface area contributed by atoms with Gasteiger partial charge in [-0.25, -0.2) is 0 Å². The van der Waals surface area contributed by atoms with Crippen molar-refractivity contribution < 1.29 is 90.4 Å². The molecule has 95 heavy (non-hydrogen) atoms. The molecule has 1 saturated carbocycles. The minimum atomic E-state index is -0.918. The van der Waals surface area contributed by atoms with Gasteiger partial charge in [-0.3, -0.25) is 33.6 Å². The molecule has 522 valence electrons. The summed E-state index contributed by atoms with van der Waals surface area (Å²) in [5.74, 6) is 1.88. The number of esters is 3. The molecule has 0 aromatic heterocycles. The Balaban J connectivity index is 0.000000331. The van der Waals surface area contributed by atoms with Gasteiger partial charge in [-0.15, -0.1) is 11.6 Å². The Bertz CT molecular complexity index is 2940. The Hall–Kier alpha value is -6.08. The van der Waals surface area contributed by atoms with Gasteiger partial charge in [0.2, 0.25) is 0 Å². The number of Topliss-reactive ketones (excluding diaryl/α,β-unsaturated/α-hetero) is 4. The molecule has 0 aliphatic heterocycles. The van der Waals surface area contributed by atoms with Crippen LogP contribution in [0.1, 0.15) is 141 Å². The van der Waals surface area contributed by atoms with Crippen molar-refractivity contribution in [2.24, 2.45) is 0 Å². The van der Waals surface area contributed by atoms with Crippen molar-refractivity contribution in [3.8, 4) is 23.0 Å². The van der Waals surface area contributed by atoms with E-state index in [0.29, 0.717) is 132 Å². The van der Waals surface area contributed by atoms with Crippen LogP contribution in [0.2, 0.25) is 0 Å². The molecule has 0 heterocycles. The maximum Gasteiger partial charge on any atom is 0.302 e. The molecule has 6 rings (SSSR count). The van der Waals surface area contributed by atoms with E-state index in [1.54, 1.807) is 86.6 Å². The molecular formula is C72H92Br3ClO19. The topological polar surface area (TPSA) is 230 Å². The summed E-state index contributed by atoms with van der Waals surface area (Å²) >= 11 is 16.4. The second-order valence-corrected chi connectivity index (χ2v) is 29.2. The van der Waals surface area contributed by atoms with Crippen LogP contribution < -0.4 is 18.9 Å². The summed E-state index contributed by atoms with van der Waals surface area (Å²) < 4.78 is 61.7. The fraction of sp³-hybridized carbons (Fsp3) is 0.486. The predicted molar refractivity (Wildman–Crippen MR) is 375 cm³/mol. The summed E-state index contributed by atoms with van der Waals surface area (Å²) in [5, 5.41) is 0. The number of hydrogen-bond donors (Lipinski definition) is 0. The highest BCUT2D eigenvalue weighted by Crippen LogP contribution is 2.39. The SMILES string of the molecule is CC(=O)OCCOCCOc1ccc(C(=O)C(C)(C)Br)cc1.CC(=O)OCCOCCOc1ccc(C(=O)C(C)(C)Cl)cc1.CC(=O)OCCOCCOc1ccc(C(=O)C2(Br)CCCCC2)cc1.CC(C)(Br)C(=O)c1ccc(OCCOCCOCc2ccccc2)cc1. The van der Waals surface area contributed by atoms with Gasteiger partial charge < -0.3 is 56.8 Å². The summed E-state index contributed by atoms with van der Waals surface area (Å²) in [7, 11) is 0. The molecule has 0 bridgehead atoms. The molecule has 1 fully saturated rings. The Morgan fingerprint density at radius 1 is 0.379 bits per heavy atom. The molecule has 0 atom stereocenters. The van der Waals surface area contributed by atoms with Gasteiger partial charge in [-0.05, 0) is 157 Å². The van der Waals surface area contributed by atoms with Gasteiger partial charge in [-0.1, -0.05) is 97.4 Å². The first-order chi connectivity index (χ1) is 45.1. The smallest absolute Gasteiger partial charge is 0.302 e. The summed E-state index contributed by atoms with van der Waals surface area (Å²) in [6.07, 6.45) is 5.19. The Kier molecular flexibility index (Phi) is 39.8. The van der Waals surface area contributed by atoms with Gasteiger partial charge in [-0.2, -0.15) is 0 Å². The summed E-state index contributed by atoms with van der Waals surface area (Å²) in [4.78, 5) is 79.5. The third kappa shape index (κ3) is 36.7. The molecule has 0 spiro atoms. The lowest BCUT2D eigenvalue weighted by Gasteiger charge is -2.30. The lowest BCUT2D eigenvalue weighted by Crippen LogP contribution is -2.34. The van der Waals surface area contributed by atoms with Crippen molar-refractivity contribution in [3.05, 3.63) is 155 Å². The number of halogens is 4. The van der Waals surface area contributed by atoms with E-state index in [2.05, 4.69) is 47.8 Å². The monoisotopic (exact) mass is 1530 g/mol. The van der Waals surface area contributed by atoms with Crippen molar-refractivity contribution >= 4 is 100 Å². The maximum atomic E-state index is 12.7. The van der Waals surface area contributed by atoms with Crippen molar-refractivity contribution in [1.29, 1.82) is 0 Å². The van der Waals surface area contributed by atoms with E-state index >= 15 is 0 Å². The van der Waals surface area contributed by atoms with Crippen molar-refractivity contribution in [3.63, 3.8) is 0 Å². The molecule has 5 aromatic carbocycles. The van der Waals surface area contributed by atoms with E-state index in [1.807, 2.05) is 82.3 Å². The average molecular weight is 1540 g/mol. The number of ether oxygens (including phenoxy) is 12. The number of carbonyl (C=O) groups is 7. The van der Waals surface area contributed by atoms with Crippen LogP contribution in [-0.4, -0.2) is 165 Å². The van der Waals surface area contributed by atoms with E-state index < -0.39 is 17.8 Å². The second kappa shape index (κ2) is 45.4. The van der Waals surface area contributed by atoms with Gasteiger partial charge in [0.1, 0.15) is 74.1 Å².